The molecule has 0 aromatic heterocycles. The maximum absolute atomic E-state index is 5.90. The molecule has 3 N–H and O–H groups in total. The van der Waals surface area contributed by atoms with Gasteiger partial charge in [0.15, 0.2) is 0 Å². The molecular formula is C20H31NO3P2. The van der Waals surface area contributed by atoms with Crippen LogP contribution in [0.3, 0.4) is 0 Å². The van der Waals surface area contributed by atoms with Crippen LogP contribution in [0, 0.1) is 11.8 Å². The minimum atomic E-state index is 0. The van der Waals surface area contributed by atoms with Crippen molar-refractivity contribution in [3.05, 3.63) is 48.5 Å². The van der Waals surface area contributed by atoms with Crippen LogP contribution >= 0.6 is 17.6 Å². The highest BCUT2D eigenvalue weighted by Gasteiger charge is 2.01. The Morgan fingerprint density at radius 2 is 1.00 bits per heavy atom. The minimum absolute atomic E-state index is 0. The van der Waals surface area contributed by atoms with Gasteiger partial charge in [0.2, 0.25) is 0 Å². The fraction of sp³-hybridized carbons (Fsp3) is 0.400. The van der Waals surface area contributed by atoms with E-state index < -0.39 is 0 Å². The fourth-order valence-corrected chi connectivity index (χ4v) is 3.67. The van der Waals surface area contributed by atoms with Gasteiger partial charge in [0.05, 0.1) is 13.2 Å². The molecule has 26 heavy (non-hydrogen) atoms. The molecule has 0 amide bonds. The van der Waals surface area contributed by atoms with E-state index >= 15 is 0 Å². The van der Waals surface area contributed by atoms with Crippen molar-refractivity contribution in [3.63, 3.8) is 0 Å². The van der Waals surface area contributed by atoms with Crippen molar-refractivity contribution < 1.29 is 13.8 Å². The molecule has 0 bridgehead atoms. The SMILES string of the molecule is CC(C)COPc1ccc(Oc2ccc(POCC(C)C)cc2)cc1.N. The zero-order valence-electron chi connectivity index (χ0n) is 16.1. The van der Waals surface area contributed by atoms with Gasteiger partial charge in [-0.25, -0.2) is 0 Å². The normalized spacial score (nSPS) is 11.8. The van der Waals surface area contributed by atoms with Gasteiger partial charge in [-0.3, -0.25) is 0 Å². The van der Waals surface area contributed by atoms with E-state index in [-0.39, 0.29) is 6.15 Å². The Morgan fingerprint density at radius 1 is 0.654 bits per heavy atom. The van der Waals surface area contributed by atoms with Crippen molar-refractivity contribution in [2.45, 2.75) is 27.7 Å². The van der Waals surface area contributed by atoms with Crippen LogP contribution in [0.1, 0.15) is 27.7 Å². The van der Waals surface area contributed by atoms with E-state index in [1.54, 1.807) is 0 Å². The molecule has 0 spiro atoms. The molecule has 2 rings (SSSR count). The van der Waals surface area contributed by atoms with Crippen LogP contribution in [0.15, 0.2) is 48.5 Å². The number of hydrogen-bond acceptors (Lipinski definition) is 4. The average Bonchev–Trinajstić information content (AvgIpc) is 2.57. The lowest BCUT2D eigenvalue weighted by Crippen LogP contribution is -2.01. The molecule has 0 radical (unpaired) electrons. The van der Waals surface area contributed by atoms with E-state index in [0.29, 0.717) is 29.5 Å². The second-order valence-corrected chi connectivity index (χ2v) is 8.90. The highest BCUT2D eigenvalue weighted by Crippen LogP contribution is 2.23. The summed E-state index contributed by atoms with van der Waals surface area (Å²) in [7, 11) is 0.778. The van der Waals surface area contributed by atoms with E-state index in [0.717, 1.165) is 24.7 Å². The Kier molecular flexibility index (Phi) is 11.0. The smallest absolute Gasteiger partial charge is 0.127 e. The molecule has 4 nitrogen and oxygen atoms in total. The van der Waals surface area contributed by atoms with E-state index in [4.69, 9.17) is 13.8 Å². The summed E-state index contributed by atoms with van der Waals surface area (Å²) >= 11 is 0. The first-order chi connectivity index (χ1) is 12.0. The van der Waals surface area contributed by atoms with Crippen molar-refractivity contribution >= 4 is 28.2 Å². The summed E-state index contributed by atoms with van der Waals surface area (Å²) in [6.45, 7) is 10.2. The molecule has 6 heteroatoms. The fourth-order valence-electron chi connectivity index (χ4n) is 1.90. The van der Waals surface area contributed by atoms with Gasteiger partial charge in [-0.2, -0.15) is 0 Å². The van der Waals surface area contributed by atoms with Gasteiger partial charge in [-0.1, -0.05) is 27.7 Å². The molecule has 0 heterocycles. The van der Waals surface area contributed by atoms with Gasteiger partial charge >= 0.3 is 0 Å². The minimum Gasteiger partial charge on any atom is -0.457 e. The summed E-state index contributed by atoms with van der Waals surface area (Å²) in [5, 5.41) is 2.37. The van der Waals surface area contributed by atoms with Crippen LogP contribution in [0.25, 0.3) is 0 Å². The second kappa shape index (κ2) is 12.4. The number of rotatable bonds is 10. The van der Waals surface area contributed by atoms with Gasteiger partial charge < -0.3 is 19.9 Å². The summed E-state index contributed by atoms with van der Waals surface area (Å²) in [5.74, 6) is 2.80. The summed E-state index contributed by atoms with van der Waals surface area (Å²) in [6.07, 6.45) is 0. The summed E-state index contributed by atoms with van der Waals surface area (Å²) in [5.41, 5.74) is 0. The zero-order valence-corrected chi connectivity index (χ0v) is 18.1. The van der Waals surface area contributed by atoms with E-state index in [9.17, 15) is 0 Å². The third-order valence-corrected chi connectivity index (χ3v) is 4.92. The lowest BCUT2D eigenvalue weighted by molar-refractivity contribution is 0.309. The lowest BCUT2D eigenvalue weighted by atomic mass is 10.2. The van der Waals surface area contributed by atoms with Crippen LogP contribution in [-0.2, 0) is 9.05 Å². The van der Waals surface area contributed by atoms with E-state index in [1.165, 1.54) is 10.6 Å². The van der Waals surface area contributed by atoms with Crippen LogP contribution in [0.4, 0.5) is 0 Å². The Balaban J connectivity index is 0.00000338. The Morgan fingerprint density at radius 3 is 1.31 bits per heavy atom. The molecule has 0 fully saturated rings. The Hall–Kier alpha value is -1.02. The topological polar surface area (TPSA) is 62.7 Å². The standard InChI is InChI=1S/C20H28O3P2.H3N/c1-15(2)13-21-24-19-9-5-17(6-10-19)23-18-7-11-20(12-8-18)25-22-14-16(3)4;/h5-12,15-16,24-25H,13-14H2,1-4H3;1H3. The zero-order chi connectivity index (χ0) is 18.1. The van der Waals surface area contributed by atoms with Crippen molar-refractivity contribution in [1.82, 2.24) is 6.15 Å². The van der Waals surface area contributed by atoms with Crippen LogP contribution in [0.5, 0.6) is 11.5 Å². The van der Waals surface area contributed by atoms with Crippen molar-refractivity contribution in [3.8, 4) is 11.5 Å². The number of hydrogen-bond donors (Lipinski definition) is 1. The first-order valence-corrected chi connectivity index (χ1v) is 10.5. The Bertz CT molecular complexity index is 560. The number of benzene rings is 2. The predicted molar refractivity (Wildman–Crippen MR) is 115 cm³/mol. The highest BCUT2D eigenvalue weighted by molar-refractivity contribution is 7.42. The average molecular weight is 395 g/mol. The monoisotopic (exact) mass is 395 g/mol. The summed E-state index contributed by atoms with van der Waals surface area (Å²) in [4.78, 5) is 0. The molecule has 2 aromatic rings. The molecule has 2 atom stereocenters. The van der Waals surface area contributed by atoms with Gasteiger partial charge in [-0.05, 0) is 71.0 Å². The first kappa shape index (κ1) is 23.0. The Labute approximate surface area is 161 Å². The van der Waals surface area contributed by atoms with Crippen LogP contribution in [0.2, 0.25) is 0 Å². The largest absolute Gasteiger partial charge is 0.457 e. The molecule has 0 aliphatic carbocycles. The maximum atomic E-state index is 5.90. The molecule has 0 aliphatic heterocycles. The lowest BCUT2D eigenvalue weighted by Gasteiger charge is -2.09. The number of ether oxygens (including phenoxy) is 1. The second-order valence-electron chi connectivity index (χ2n) is 6.76. The first-order valence-electron chi connectivity index (χ1n) is 8.66. The van der Waals surface area contributed by atoms with Crippen molar-refractivity contribution in [1.29, 1.82) is 0 Å². The van der Waals surface area contributed by atoms with Gasteiger partial charge in [-0.15, -0.1) is 0 Å². The van der Waals surface area contributed by atoms with E-state index in [1.807, 2.05) is 24.3 Å². The molecular weight excluding hydrogens is 364 g/mol. The van der Waals surface area contributed by atoms with Crippen molar-refractivity contribution in [2.24, 2.45) is 11.8 Å². The van der Waals surface area contributed by atoms with Gasteiger partial charge in [0.1, 0.15) is 11.5 Å². The predicted octanol–water partition coefficient (Wildman–Crippen LogP) is 5.42. The van der Waals surface area contributed by atoms with Crippen LogP contribution < -0.4 is 21.5 Å². The summed E-state index contributed by atoms with van der Waals surface area (Å²) in [6, 6.07) is 16.2. The molecule has 0 saturated heterocycles. The molecule has 0 saturated carbocycles. The third kappa shape index (κ3) is 9.07. The van der Waals surface area contributed by atoms with Gasteiger partial charge in [0, 0.05) is 17.6 Å². The van der Waals surface area contributed by atoms with Crippen LogP contribution in [-0.4, -0.2) is 13.2 Å². The molecule has 2 aromatic carbocycles. The third-order valence-electron chi connectivity index (χ3n) is 3.16. The quantitative estimate of drug-likeness (QED) is 0.546. The molecule has 144 valence electrons. The summed E-state index contributed by atoms with van der Waals surface area (Å²) < 4.78 is 17.2. The van der Waals surface area contributed by atoms with Gasteiger partial charge in [0.25, 0.3) is 0 Å². The van der Waals surface area contributed by atoms with Crippen molar-refractivity contribution in [2.75, 3.05) is 13.2 Å². The molecule has 2 unspecified atom stereocenters. The molecule has 0 aliphatic rings. The maximum Gasteiger partial charge on any atom is 0.127 e. The van der Waals surface area contributed by atoms with E-state index in [2.05, 4.69) is 52.0 Å². The highest BCUT2D eigenvalue weighted by atomic mass is 31.1.